The summed E-state index contributed by atoms with van der Waals surface area (Å²) in [6.07, 6.45) is 2.03. The SMILES string of the molecule is Cc1c(NC(=O)C2CCN(S(C)(=O)=O)CC2)cccc1[N+](=O)[O-]. The number of carbonyl (C=O) groups is 1. The number of anilines is 1. The molecule has 9 heteroatoms. The summed E-state index contributed by atoms with van der Waals surface area (Å²) < 4.78 is 24.3. The Hall–Kier alpha value is -2.00. The van der Waals surface area contributed by atoms with Gasteiger partial charge in [-0.2, -0.15) is 0 Å². The Balaban J connectivity index is 2.04. The van der Waals surface area contributed by atoms with Gasteiger partial charge in [0.05, 0.1) is 22.4 Å². The van der Waals surface area contributed by atoms with Crippen LogP contribution < -0.4 is 5.32 Å². The van der Waals surface area contributed by atoms with Gasteiger partial charge >= 0.3 is 0 Å². The highest BCUT2D eigenvalue weighted by Crippen LogP contribution is 2.27. The van der Waals surface area contributed by atoms with Gasteiger partial charge < -0.3 is 5.32 Å². The second kappa shape index (κ2) is 6.63. The minimum atomic E-state index is -3.23. The summed E-state index contributed by atoms with van der Waals surface area (Å²) in [6, 6.07) is 4.52. The standard InChI is InChI=1S/C14H19N3O5S/c1-10-12(4-3-5-13(10)17(19)20)15-14(18)11-6-8-16(9-7-11)23(2,21)22/h3-5,11H,6-9H2,1-2H3,(H,15,18). The molecule has 0 aliphatic carbocycles. The van der Waals surface area contributed by atoms with Crippen LogP contribution in [0.3, 0.4) is 0 Å². The molecule has 0 saturated carbocycles. The molecule has 23 heavy (non-hydrogen) atoms. The summed E-state index contributed by atoms with van der Waals surface area (Å²) in [5.74, 6) is -0.534. The van der Waals surface area contributed by atoms with Gasteiger partial charge in [0.25, 0.3) is 5.69 Å². The molecule has 126 valence electrons. The molecule has 1 aromatic carbocycles. The predicted octanol–water partition coefficient (Wildman–Crippen LogP) is 1.51. The van der Waals surface area contributed by atoms with Crippen molar-refractivity contribution in [3.05, 3.63) is 33.9 Å². The van der Waals surface area contributed by atoms with Crippen LogP contribution in [0.5, 0.6) is 0 Å². The zero-order valence-corrected chi connectivity index (χ0v) is 13.8. The van der Waals surface area contributed by atoms with Crippen molar-refractivity contribution in [1.82, 2.24) is 4.31 Å². The van der Waals surface area contributed by atoms with Crippen molar-refractivity contribution < 1.29 is 18.1 Å². The van der Waals surface area contributed by atoms with Crippen molar-refractivity contribution in [3.8, 4) is 0 Å². The van der Waals surface area contributed by atoms with Gasteiger partial charge in [-0.1, -0.05) is 6.07 Å². The van der Waals surface area contributed by atoms with E-state index in [-0.39, 0.29) is 17.5 Å². The van der Waals surface area contributed by atoms with Crippen LogP contribution >= 0.6 is 0 Å². The molecule has 0 bridgehead atoms. The fourth-order valence-corrected chi connectivity index (χ4v) is 3.52. The number of piperidine rings is 1. The number of sulfonamides is 1. The van der Waals surface area contributed by atoms with Gasteiger partial charge in [0.1, 0.15) is 0 Å². The second-order valence-electron chi connectivity index (χ2n) is 5.63. The predicted molar refractivity (Wildman–Crippen MR) is 85.6 cm³/mol. The van der Waals surface area contributed by atoms with E-state index in [0.29, 0.717) is 37.2 Å². The lowest BCUT2D eigenvalue weighted by atomic mass is 9.97. The van der Waals surface area contributed by atoms with Gasteiger partial charge in [0, 0.05) is 25.1 Å². The van der Waals surface area contributed by atoms with Gasteiger partial charge in [-0.25, -0.2) is 12.7 Å². The van der Waals surface area contributed by atoms with Crippen molar-refractivity contribution in [2.75, 3.05) is 24.7 Å². The number of carbonyl (C=O) groups excluding carboxylic acids is 1. The first-order chi connectivity index (χ1) is 10.7. The van der Waals surface area contributed by atoms with Crippen molar-refractivity contribution in [3.63, 3.8) is 0 Å². The van der Waals surface area contributed by atoms with Crippen LogP contribution in [0.15, 0.2) is 18.2 Å². The van der Waals surface area contributed by atoms with E-state index in [1.807, 2.05) is 0 Å². The molecule has 1 amide bonds. The Morgan fingerprint density at radius 2 is 1.96 bits per heavy atom. The van der Waals surface area contributed by atoms with Gasteiger partial charge in [-0.3, -0.25) is 14.9 Å². The maximum Gasteiger partial charge on any atom is 0.274 e. The Labute approximate surface area is 134 Å². The third-order valence-corrected chi connectivity index (χ3v) is 5.36. The number of nitro groups is 1. The third-order valence-electron chi connectivity index (χ3n) is 4.05. The lowest BCUT2D eigenvalue weighted by molar-refractivity contribution is -0.385. The summed E-state index contributed by atoms with van der Waals surface area (Å²) >= 11 is 0. The molecule has 1 saturated heterocycles. The van der Waals surface area contributed by atoms with Crippen LogP contribution in [-0.2, 0) is 14.8 Å². The number of rotatable bonds is 4. The molecule has 1 aromatic rings. The van der Waals surface area contributed by atoms with Crippen LogP contribution in [0.4, 0.5) is 11.4 Å². The summed E-state index contributed by atoms with van der Waals surface area (Å²) in [6.45, 7) is 2.20. The van der Waals surface area contributed by atoms with Crippen molar-refractivity contribution in [2.24, 2.45) is 5.92 Å². The van der Waals surface area contributed by atoms with Gasteiger partial charge in [0.2, 0.25) is 15.9 Å². The molecule has 1 fully saturated rings. The van der Waals surface area contributed by atoms with E-state index in [2.05, 4.69) is 5.32 Å². The zero-order valence-electron chi connectivity index (χ0n) is 13.0. The number of hydrogen-bond donors (Lipinski definition) is 1. The van der Waals surface area contributed by atoms with Crippen molar-refractivity contribution in [2.45, 2.75) is 19.8 Å². The maximum absolute atomic E-state index is 12.3. The molecular formula is C14H19N3O5S. The highest BCUT2D eigenvalue weighted by Gasteiger charge is 2.29. The van der Waals surface area contributed by atoms with Crippen LogP contribution in [-0.4, -0.2) is 42.9 Å². The number of hydrogen-bond acceptors (Lipinski definition) is 5. The Bertz CT molecular complexity index is 724. The summed E-state index contributed by atoms with van der Waals surface area (Å²) in [4.78, 5) is 22.7. The number of nitrogens with zero attached hydrogens (tertiary/aromatic N) is 2. The maximum atomic E-state index is 12.3. The molecule has 1 aliphatic heterocycles. The molecule has 1 aliphatic rings. The second-order valence-corrected chi connectivity index (χ2v) is 7.61. The average molecular weight is 341 g/mol. The first kappa shape index (κ1) is 17.4. The van der Waals surface area contributed by atoms with E-state index in [9.17, 15) is 23.3 Å². The molecule has 0 aromatic heterocycles. The van der Waals surface area contributed by atoms with Gasteiger partial charge in [-0.05, 0) is 25.8 Å². The van der Waals surface area contributed by atoms with Gasteiger partial charge in [0.15, 0.2) is 0 Å². The molecule has 0 radical (unpaired) electrons. The van der Waals surface area contributed by atoms with E-state index in [0.717, 1.165) is 6.26 Å². The quantitative estimate of drug-likeness (QED) is 0.659. The normalized spacial score (nSPS) is 17.0. The monoisotopic (exact) mass is 341 g/mol. The van der Waals surface area contributed by atoms with E-state index < -0.39 is 14.9 Å². The Morgan fingerprint density at radius 3 is 2.48 bits per heavy atom. The summed E-state index contributed by atoms with van der Waals surface area (Å²) in [5, 5.41) is 13.6. The van der Waals surface area contributed by atoms with E-state index in [1.54, 1.807) is 13.0 Å². The molecule has 1 N–H and O–H groups in total. The third kappa shape index (κ3) is 4.05. The van der Waals surface area contributed by atoms with Crippen LogP contribution in [0.2, 0.25) is 0 Å². The molecular weight excluding hydrogens is 322 g/mol. The average Bonchev–Trinajstić information content (AvgIpc) is 2.48. The topological polar surface area (TPSA) is 110 Å². The highest BCUT2D eigenvalue weighted by atomic mass is 32.2. The fourth-order valence-electron chi connectivity index (χ4n) is 2.64. The molecule has 0 atom stereocenters. The van der Waals surface area contributed by atoms with E-state index in [4.69, 9.17) is 0 Å². The minimum Gasteiger partial charge on any atom is -0.325 e. The lowest BCUT2D eigenvalue weighted by Crippen LogP contribution is -2.40. The molecule has 0 unspecified atom stereocenters. The van der Waals surface area contributed by atoms with Crippen LogP contribution in [0.25, 0.3) is 0 Å². The molecule has 8 nitrogen and oxygen atoms in total. The zero-order chi connectivity index (χ0) is 17.2. The highest BCUT2D eigenvalue weighted by molar-refractivity contribution is 7.88. The first-order valence-electron chi connectivity index (χ1n) is 7.20. The molecule has 2 rings (SSSR count). The first-order valence-corrected chi connectivity index (χ1v) is 9.05. The summed E-state index contributed by atoms with van der Waals surface area (Å²) in [5.41, 5.74) is 0.767. The number of nitro benzene ring substituents is 1. The largest absolute Gasteiger partial charge is 0.325 e. The van der Waals surface area contributed by atoms with E-state index in [1.165, 1.54) is 16.4 Å². The van der Waals surface area contributed by atoms with Crippen LogP contribution in [0.1, 0.15) is 18.4 Å². The van der Waals surface area contributed by atoms with Crippen molar-refractivity contribution in [1.29, 1.82) is 0 Å². The number of nitrogens with one attached hydrogen (secondary N) is 1. The fraction of sp³-hybridized carbons (Fsp3) is 0.500. The Morgan fingerprint density at radius 1 is 1.35 bits per heavy atom. The van der Waals surface area contributed by atoms with E-state index >= 15 is 0 Å². The van der Waals surface area contributed by atoms with Gasteiger partial charge in [-0.15, -0.1) is 0 Å². The molecule has 0 spiro atoms. The number of benzene rings is 1. The number of amides is 1. The summed E-state index contributed by atoms with van der Waals surface area (Å²) in [7, 11) is -3.23. The Kier molecular flexibility index (Phi) is 5.00. The minimum absolute atomic E-state index is 0.0466. The van der Waals surface area contributed by atoms with Crippen molar-refractivity contribution >= 4 is 27.3 Å². The lowest BCUT2D eigenvalue weighted by Gasteiger charge is -2.29. The smallest absolute Gasteiger partial charge is 0.274 e. The van der Waals surface area contributed by atoms with Crippen LogP contribution in [0, 0.1) is 23.0 Å². The molecule has 1 heterocycles.